The Balaban J connectivity index is 1.57. The zero-order chi connectivity index (χ0) is 22.6. The van der Waals surface area contributed by atoms with E-state index >= 15 is 0 Å². The van der Waals surface area contributed by atoms with E-state index in [0.717, 1.165) is 28.9 Å². The Morgan fingerprint density at radius 1 is 0.677 bits per heavy atom. The first-order valence-electron chi connectivity index (χ1n) is 13.2. The molecular formula is C28H50N2O+2. The molecule has 176 valence electrons. The molecule has 1 heterocycles. The lowest BCUT2D eigenvalue weighted by molar-refractivity contribution is -0.923. The van der Waals surface area contributed by atoms with E-state index in [-0.39, 0.29) is 0 Å². The zero-order valence-corrected chi connectivity index (χ0v) is 21.3. The summed E-state index contributed by atoms with van der Waals surface area (Å²) in [5.41, 5.74) is 1.02. The molecule has 0 N–H and O–H groups in total. The third kappa shape index (κ3) is 8.27. The Hall–Kier alpha value is -1.32. The number of furan rings is 1. The second kappa shape index (κ2) is 13.3. The maximum Gasteiger partial charge on any atom is 0.159 e. The Kier molecular flexibility index (Phi) is 11.1. The minimum Gasteiger partial charge on any atom is -0.455 e. The van der Waals surface area contributed by atoms with E-state index in [1.165, 1.54) is 94.0 Å². The van der Waals surface area contributed by atoms with Gasteiger partial charge in [0, 0.05) is 5.39 Å². The van der Waals surface area contributed by atoms with Gasteiger partial charge in [0.2, 0.25) is 0 Å². The van der Waals surface area contributed by atoms with E-state index in [2.05, 4.69) is 65.1 Å². The number of hydrogen-bond donors (Lipinski definition) is 0. The van der Waals surface area contributed by atoms with Crippen LogP contribution in [0.4, 0.5) is 0 Å². The third-order valence-corrected chi connectivity index (χ3v) is 7.87. The number of para-hydroxylation sites is 1. The molecule has 3 heteroatoms. The van der Waals surface area contributed by atoms with Crippen LogP contribution in [0.25, 0.3) is 11.0 Å². The Morgan fingerprint density at radius 3 is 1.77 bits per heavy atom. The van der Waals surface area contributed by atoms with Crippen molar-refractivity contribution in [2.24, 2.45) is 0 Å². The average molecular weight is 431 g/mol. The molecule has 0 fully saturated rings. The van der Waals surface area contributed by atoms with E-state index in [1.807, 2.05) is 0 Å². The fourth-order valence-electron chi connectivity index (χ4n) is 4.99. The summed E-state index contributed by atoms with van der Waals surface area (Å²) in [6, 6.07) is 10.6. The van der Waals surface area contributed by atoms with E-state index in [0.29, 0.717) is 0 Å². The number of fused-ring (bicyclic) bond motifs is 1. The maximum atomic E-state index is 6.08. The van der Waals surface area contributed by atoms with Crippen LogP contribution in [0.3, 0.4) is 0 Å². The quantitative estimate of drug-likeness (QED) is 0.188. The summed E-state index contributed by atoms with van der Waals surface area (Å²) >= 11 is 0. The SMILES string of the molecule is CC[N+](CC)(CC)CCCCCCCCCC[N@+](C)(CC)Cc1cc2ccccc2o1. The van der Waals surface area contributed by atoms with Crippen LogP contribution < -0.4 is 0 Å². The lowest BCUT2D eigenvalue weighted by Crippen LogP contribution is -2.48. The number of benzene rings is 1. The summed E-state index contributed by atoms with van der Waals surface area (Å²) in [4.78, 5) is 0. The van der Waals surface area contributed by atoms with Crippen LogP contribution in [0.15, 0.2) is 34.7 Å². The largest absolute Gasteiger partial charge is 0.455 e. The molecule has 0 saturated carbocycles. The van der Waals surface area contributed by atoms with E-state index < -0.39 is 0 Å². The van der Waals surface area contributed by atoms with Gasteiger partial charge in [-0.05, 0) is 65.5 Å². The average Bonchev–Trinajstić information content (AvgIpc) is 3.20. The van der Waals surface area contributed by atoms with Gasteiger partial charge in [-0.1, -0.05) is 43.9 Å². The van der Waals surface area contributed by atoms with Crippen molar-refractivity contribution in [1.82, 2.24) is 0 Å². The van der Waals surface area contributed by atoms with Crippen molar-refractivity contribution in [3.8, 4) is 0 Å². The van der Waals surface area contributed by atoms with Gasteiger partial charge < -0.3 is 13.4 Å². The molecule has 0 bridgehead atoms. The fourth-order valence-corrected chi connectivity index (χ4v) is 4.99. The van der Waals surface area contributed by atoms with E-state index in [4.69, 9.17) is 4.42 Å². The Morgan fingerprint density at radius 2 is 1.23 bits per heavy atom. The predicted octanol–water partition coefficient (Wildman–Crippen LogP) is 7.40. The molecule has 0 aliphatic rings. The minimum absolute atomic E-state index is 0.998. The normalized spacial score (nSPS) is 14.2. The highest BCUT2D eigenvalue weighted by Crippen LogP contribution is 2.22. The highest BCUT2D eigenvalue weighted by atomic mass is 16.3. The predicted molar refractivity (Wildman–Crippen MR) is 135 cm³/mol. The van der Waals surface area contributed by atoms with Crippen molar-refractivity contribution in [2.75, 3.05) is 46.3 Å². The van der Waals surface area contributed by atoms with E-state index in [1.54, 1.807) is 0 Å². The first-order valence-corrected chi connectivity index (χ1v) is 13.2. The zero-order valence-electron chi connectivity index (χ0n) is 21.3. The summed E-state index contributed by atoms with van der Waals surface area (Å²) in [6.07, 6.45) is 11.2. The topological polar surface area (TPSA) is 13.1 Å². The molecule has 0 aliphatic carbocycles. The highest BCUT2D eigenvalue weighted by molar-refractivity contribution is 5.77. The number of quaternary nitrogens is 2. The molecule has 2 aromatic rings. The van der Waals surface area contributed by atoms with Gasteiger partial charge >= 0.3 is 0 Å². The van der Waals surface area contributed by atoms with Crippen LogP contribution >= 0.6 is 0 Å². The number of hydrogen-bond acceptors (Lipinski definition) is 1. The van der Waals surface area contributed by atoms with Gasteiger partial charge in [0.1, 0.15) is 12.1 Å². The van der Waals surface area contributed by atoms with Gasteiger partial charge in [-0.25, -0.2) is 0 Å². The molecule has 0 spiro atoms. The molecule has 31 heavy (non-hydrogen) atoms. The van der Waals surface area contributed by atoms with Crippen LogP contribution in [-0.2, 0) is 6.54 Å². The van der Waals surface area contributed by atoms with Crippen LogP contribution in [0.1, 0.15) is 84.8 Å². The lowest BCUT2D eigenvalue weighted by Gasteiger charge is -2.35. The third-order valence-electron chi connectivity index (χ3n) is 7.87. The summed E-state index contributed by atoms with van der Waals surface area (Å²) in [6.45, 7) is 18.0. The lowest BCUT2D eigenvalue weighted by atomic mass is 10.1. The second-order valence-corrected chi connectivity index (χ2v) is 9.91. The maximum absolute atomic E-state index is 6.08. The Labute approximate surface area is 192 Å². The van der Waals surface area contributed by atoms with Gasteiger partial charge in [0.15, 0.2) is 5.76 Å². The van der Waals surface area contributed by atoms with Gasteiger partial charge in [0.05, 0.1) is 46.3 Å². The van der Waals surface area contributed by atoms with Crippen molar-refractivity contribution < 1.29 is 13.4 Å². The van der Waals surface area contributed by atoms with Gasteiger partial charge in [-0.2, -0.15) is 0 Å². The van der Waals surface area contributed by atoms with Crippen LogP contribution in [0.5, 0.6) is 0 Å². The highest BCUT2D eigenvalue weighted by Gasteiger charge is 2.22. The second-order valence-electron chi connectivity index (χ2n) is 9.91. The molecular weight excluding hydrogens is 380 g/mol. The molecule has 1 aromatic carbocycles. The van der Waals surface area contributed by atoms with E-state index in [9.17, 15) is 0 Å². The summed E-state index contributed by atoms with van der Waals surface area (Å²) in [7, 11) is 2.38. The van der Waals surface area contributed by atoms with Crippen molar-refractivity contribution >= 4 is 11.0 Å². The van der Waals surface area contributed by atoms with Crippen molar-refractivity contribution in [3.05, 3.63) is 36.1 Å². The minimum atomic E-state index is 0.998. The summed E-state index contributed by atoms with van der Waals surface area (Å²) in [5, 5.41) is 1.23. The molecule has 2 rings (SSSR count). The first kappa shape index (κ1) is 25.9. The van der Waals surface area contributed by atoms with Gasteiger partial charge in [0.25, 0.3) is 0 Å². The number of unbranched alkanes of at least 4 members (excludes halogenated alkanes) is 7. The fraction of sp³-hybridized carbons (Fsp3) is 0.714. The molecule has 1 atom stereocenters. The van der Waals surface area contributed by atoms with Crippen molar-refractivity contribution in [3.63, 3.8) is 0 Å². The molecule has 0 unspecified atom stereocenters. The molecule has 3 nitrogen and oxygen atoms in total. The van der Waals surface area contributed by atoms with Gasteiger partial charge in [-0.3, -0.25) is 0 Å². The van der Waals surface area contributed by atoms with Crippen LogP contribution in [0.2, 0.25) is 0 Å². The monoisotopic (exact) mass is 430 g/mol. The molecule has 0 saturated heterocycles. The van der Waals surface area contributed by atoms with Crippen molar-refractivity contribution in [1.29, 1.82) is 0 Å². The molecule has 0 aliphatic heterocycles. The molecule has 1 aromatic heterocycles. The number of rotatable bonds is 17. The first-order chi connectivity index (χ1) is 15.0. The molecule has 0 amide bonds. The van der Waals surface area contributed by atoms with Crippen LogP contribution in [0, 0.1) is 0 Å². The van der Waals surface area contributed by atoms with Crippen molar-refractivity contribution in [2.45, 2.75) is 85.6 Å². The summed E-state index contributed by atoms with van der Waals surface area (Å²) in [5.74, 6) is 1.13. The summed E-state index contributed by atoms with van der Waals surface area (Å²) < 4.78 is 8.47. The Bertz CT molecular complexity index is 692. The van der Waals surface area contributed by atoms with Gasteiger partial charge in [-0.15, -0.1) is 0 Å². The smallest absolute Gasteiger partial charge is 0.159 e. The van der Waals surface area contributed by atoms with Crippen LogP contribution in [-0.4, -0.2) is 55.3 Å². The number of nitrogens with zero attached hydrogens (tertiary/aromatic N) is 2. The standard InChI is InChI=1S/C28H50N2O/c1-6-29(5,25-27-24-26-20-16-17-21-28(26)31-27)22-18-14-12-10-11-13-15-19-23-30(7-2,8-3)9-4/h16-17,20-21,24H,6-15,18-19,22-23,25H2,1-5H3/q+2/t29-/m0/s1. The molecule has 0 radical (unpaired) electrons.